The Labute approximate surface area is 98.4 Å². The van der Waals surface area contributed by atoms with E-state index in [1.807, 2.05) is 6.92 Å². The lowest BCUT2D eigenvalue weighted by Gasteiger charge is -2.39. The fraction of sp³-hybridized carbons (Fsp3) is 0.923. The molecule has 2 unspecified atom stereocenters. The molecule has 1 saturated carbocycles. The molecule has 2 atom stereocenters. The van der Waals surface area contributed by atoms with Crippen LogP contribution in [0.2, 0.25) is 0 Å². The Bertz CT molecular complexity index is 248. The van der Waals surface area contributed by atoms with Crippen molar-refractivity contribution in [1.29, 1.82) is 0 Å². The molecule has 3 heteroatoms. The summed E-state index contributed by atoms with van der Waals surface area (Å²) >= 11 is 0. The molecular formula is C13H24N2O. The molecule has 3 nitrogen and oxygen atoms in total. The summed E-state index contributed by atoms with van der Waals surface area (Å²) in [5, 5.41) is 0. The number of nitrogens with two attached hydrogens (primary N) is 1. The zero-order valence-corrected chi connectivity index (χ0v) is 10.3. The second-order valence-corrected chi connectivity index (χ2v) is 5.51. The first-order valence-corrected chi connectivity index (χ1v) is 6.73. The third-order valence-corrected chi connectivity index (χ3v) is 4.16. The number of nitrogens with zero attached hydrogens (tertiary/aromatic N) is 1. The molecule has 2 aliphatic rings. The van der Waals surface area contributed by atoms with Crippen molar-refractivity contribution in [2.24, 2.45) is 11.7 Å². The van der Waals surface area contributed by atoms with E-state index >= 15 is 0 Å². The van der Waals surface area contributed by atoms with Crippen molar-refractivity contribution in [3.05, 3.63) is 0 Å². The maximum absolute atomic E-state index is 12.2. The lowest BCUT2D eigenvalue weighted by atomic mass is 9.82. The highest BCUT2D eigenvalue weighted by Crippen LogP contribution is 2.31. The van der Waals surface area contributed by atoms with Crippen LogP contribution in [-0.4, -0.2) is 29.4 Å². The molecule has 1 saturated heterocycles. The molecule has 0 aromatic carbocycles. The highest BCUT2D eigenvalue weighted by atomic mass is 16.2. The summed E-state index contributed by atoms with van der Waals surface area (Å²) in [5.74, 6) is 1.02. The molecule has 16 heavy (non-hydrogen) atoms. The van der Waals surface area contributed by atoms with E-state index in [2.05, 4.69) is 4.90 Å². The van der Waals surface area contributed by atoms with Gasteiger partial charge in [-0.25, -0.2) is 0 Å². The van der Waals surface area contributed by atoms with Gasteiger partial charge < -0.3 is 10.6 Å². The highest BCUT2D eigenvalue weighted by molar-refractivity contribution is 5.77. The van der Waals surface area contributed by atoms with Crippen LogP contribution in [-0.2, 0) is 4.79 Å². The lowest BCUT2D eigenvalue weighted by molar-refractivity contribution is -0.137. The first-order valence-electron chi connectivity index (χ1n) is 6.73. The van der Waals surface area contributed by atoms with Crippen LogP contribution in [0.3, 0.4) is 0 Å². The van der Waals surface area contributed by atoms with Crippen LogP contribution < -0.4 is 5.73 Å². The van der Waals surface area contributed by atoms with E-state index in [4.69, 9.17) is 5.73 Å². The zero-order chi connectivity index (χ0) is 11.5. The number of amides is 1. The van der Waals surface area contributed by atoms with Crippen molar-refractivity contribution in [3.63, 3.8) is 0 Å². The van der Waals surface area contributed by atoms with E-state index in [1.165, 1.54) is 25.7 Å². The Kier molecular flexibility index (Phi) is 3.85. The molecule has 0 spiro atoms. The number of hydrogen-bond acceptors (Lipinski definition) is 2. The van der Waals surface area contributed by atoms with Crippen LogP contribution in [0.25, 0.3) is 0 Å². The van der Waals surface area contributed by atoms with Gasteiger partial charge in [0.25, 0.3) is 0 Å². The van der Waals surface area contributed by atoms with Gasteiger partial charge in [0.05, 0.1) is 0 Å². The summed E-state index contributed by atoms with van der Waals surface area (Å²) in [5.41, 5.74) is 5.98. The van der Waals surface area contributed by atoms with Crippen molar-refractivity contribution >= 4 is 5.91 Å². The number of likely N-dealkylation sites (tertiary alicyclic amines) is 1. The van der Waals surface area contributed by atoms with Gasteiger partial charge in [0.2, 0.25) is 5.91 Å². The zero-order valence-electron chi connectivity index (χ0n) is 10.3. The topological polar surface area (TPSA) is 46.3 Å². The quantitative estimate of drug-likeness (QED) is 0.796. The van der Waals surface area contributed by atoms with Gasteiger partial charge in [0.1, 0.15) is 0 Å². The van der Waals surface area contributed by atoms with Crippen LogP contribution in [0.5, 0.6) is 0 Å². The van der Waals surface area contributed by atoms with Crippen LogP contribution >= 0.6 is 0 Å². The first-order chi connectivity index (χ1) is 7.68. The number of carbonyl (C=O) groups is 1. The lowest BCUT2D eigenvalue weighted by Crippen LogP contribution is -2.52. The maximum Gasteiger partial charge on any atom is 0.223 e. The predicted molar refractivity (Wildman–Crippen MR) is 65.0 cm³/mol. The first kappa shape index (κ1) is 11.9. The molecule has 2 N–H and O–H groups in total. The van der Waals surface area contributed by atoms with Gasteiger partial charge in [0, 0.05) is 25.0 Å². The van der Waals surface area contributed by atoms with Crippen LogP contribution in [0.4, 0.5) is 0 Å². The molecule has 1 aliphatic heterocycles. The summed E-state index contributed by atoms with van der Waals surface area (Å²) in [6.45, 7) is 2.96. The molecular weight excluding hydrogens is 200 g/mol. The third-order valence-electron chi connectivity index (χ3n) is 4.16. The minimum absolute atomic E-state index is 0.116. The van der Waals surface area contributed by atoms with Gasteiger partial charge in [-0.05, 0) is 44.9 Å². The monoisotopic (exact) mass is 224 g/mol. The predicted octanol–water partition coefficient (Wildman–Crippen LogP) is 1.90. The van der Waals surface area contributed by atoms with Crippen molar-refractivity contribution in [3.8, 4) is 0 Å². The Morgan fingerprint density at radius 3 is 2.62 bits per heavy atom. The number of rotatable bonds is 3. The largest absolute Gasteiger partial charge is 0.338 e. The van der Waals surface area contributed by atoms with Crippen LogP contribution in [0, 0.1) is 5.92 Å². The minimum atomic E-state index is 0.116. The van der Waals surface area contributed by atoms with Crippen LogP contribution in [0.1, 0.15) is 51.9 Å². The summed E-state index contributed by atoms with van der Waals surface area (Å²) in [6, 6.07) is 0.409. The summed E-state index contributed by atoms with van der Waals surface area (Å²) in [7, 11) is 0. The van der Waals surface area contributed by atoms with Gasteiger partial charge in [-0.2, -0.15) is 0 Å². The molecule has 1 amide bonds. The maximum atomic E-state index is 12.2. The SMILES string of the molecule is CC(N)C1CCCCN1C(=O)CC1CCC1. The molecule has 92 valence electrons. The fourth-order valence-corrected chi connectivity index (χ4v) is 2.87. The molecule has 1 heterocycles. The summed E-state index contributed by atoms with van der Waals surface area (Å²) in [4.78, 5) is 14.2. The molecule has 0 radical (unpaired) electrons. The standard InChI is InChI=1S/C13H24N2O/c1-10(14)12-7-2-3-8-15(12)13(16)9-11-5-4-6-11/h10-12H,2-9,14H2,1H3. The molecule has 0 aromatic rings. The van der Waals surface area contributed by atoms with Gasteiger partial charge in [-0.3, -0.25) is 4.79 Å². The normalized spacial score (nSPS) is 28.6. The molecule has 0 aromatic heterocycles. The Morgan fingerprint density at radius 2 is 2.06 bits per heavy atom. The van der Waals surface area contributed by atoms with E-state index in [9.17, 15) is 4.79 Å². The van der Waals surface area contributed by atoms with Crippen molar-refractivity contribution in [2.75, 3.05) is 6.54 Å². The Hall–Kier alpha value is -0.570. The smallest absolute Gasteiger partial charge is 0.223 e. The second kappa shape index (κ2) is 5.17. The van der Waals surface area contributed by atoms with Crippen molar-refractivity contribution in [1.82, 2.24) is 4.90 Å². The van der Waals surface area contributed by atoms with Gasteiger partial charge in [0.15, 0.2) is 0 Å². The minimum Gasteiger partial charge on any atom is -0.338 e. The fourth-order valence-electron chi connectivity index (χ4n) is 2.87. The summed E-state index contributed by atoms with van der Waals surface area (Å²) in [6.07, 6.45) is 8.05. The van der Waals surface area contributed by atoms with Gasteiger partial charge in [-0.15, -0.1) is 0 Å². The molecule has 2 rings (SSSR count). The van der Waals surface area contributed by atoms with E-state index in [-0.39, 0.29) is 6.04 Å². The van der Waals surface area contributed by atoms with Crippen molar-refractivity contribution < 1.29 is 4.79 Å². The number of carbonyl (C=O) groups excluding carboxylic acids is 1. The molecule has 1 aliphatic carbocycles. The Balaban J connectivity index is 1.90. The average Bonchev–Trinajstić information content (AvgIpc) is 2.23. The van der Waals surface area contributed by atoms with Gasteiger partial charge in [-0.1, -0.05) is 6.42 Å². The van der Waals surface area contributed by atoms with E-state index in [0.717, 1.165) is 25.8 Å². The molecule has 2 fully saturated rings. The number of piperidine rings is 1. The van der Waals surface area contributed by atoms with Gasteiger partial charge >= 0.3 is 0 Å². The van der Waals surface area contributed by atoms with E-state index < -0.39 is 0 Å². The van der Waals surface area contributed by atoms with E-state index in [0.29, 0.717) is 17.9 Å². The summed E-state index contributed by atoms with van der Waals surface area (Å²) < 4.78 is 0. The third kappa shape index (κ3) is 2.57. The van der Waals surface area contributed by atoms with Crippen molar-refractivity contribution in [2.45, 2.75) is 64.0 Å². The molecule has 0 bridgehead atoms. The van der Waals surface area contributed by atoms with E-state index in [1.54, 1.807) is 0 Å². The average molecular weight is 224 g/mol. The second-order valence-electron chi connectivity index (χ2n) is 5.51. The van der Waals surface area contributed by atoms with Crippen LogP contribution in [0.15, 0.2) is 0 Å². The number of hydrogen-bond donors (Lipinski definition) is 1. The highest BCUT2D eigenvalue weighted by Gasteiger charge is 2.31. The Morgan fingerprint density at radius 1 is 1.31 bits per heavy atom.